The Morgan fingerprint density at radius 2 is 1.13 bits per heavy atom. The standard InChI is InChI=1S/C43H56O9S/c1-38(2)31-15-17-40(5,51-25-23-49-21-19-47-7)36(45)42(31,38)29-14-13-28-34(44)27-11-9-10-12-30(27)53-35(28)33(29)43-32(39(43,3)4)16-18-41(6,37(43)46)52-26-24-50-22-20-48-8/h9-14,31-32H,15-26H2,1-8H3. The lowest BCUT2D eigenvalue weighted by molar-refractivity contribution is -0.154. The van der Waals surface area contributed by atoms with Crippen molar-refractivity contribution in [3.8, 4) is 0 Å². The van der Waals surface area contributed by atoms with Crippen molar-refractivity contribution in [1.82, 2.24) is 0 Å². The maximum atomic E-state index is 15.6. The summed E-state index contributed by atoms with van der Waals surface area (Å²) in [6.07, 6.45) is 2.80. The Morgan fingerprint density at radius 3 is 1.72 bits per heavy atom. The number of carbonyl (C=O) groups is 2. The second-order valence-corrected chi connectivity index (χ2v) is 18.1. The Bertz CT molecular complexity index is 1970. The quantitative estimate of drug-likeness (QED) is 0.116. The lowest BCUT2D eigenvalue weighted by atomic mass is 9.65. The second-order valence-electron chi connectivity index (χ2n) is 17.1. The molecule has 6 unspecified atom stereocenters. The van der Waals surface area contributed by atoms with E-state index in [-0.39, 0.29) is 42.0 Å². The molecule has 0 radical (unpaired) electrons. The largest absolute Gasteiger partial charge is 0.382 e. The van der Waals surface area contributed by atoms with Crippen molar-refractivity contribution < 1.29 is 38.0 Å². The molecule has 0 aliphatic heterocycles. The number of methoxy groups -OCH3 is 2. The molecule has 1 heterocycles. The smallest absolute Gasteiger partial charge is 0.195 e. The van der Waals surface area contributed by atoms with Crippen LogP contribution in [0.1, 0.15) is 78.4 Å². The summed E-state index contributed by atoms with van der Waals surface area (Å²) in [4.78, 5) is 45.3. The van der Waals surface area contributed by atoms with E-state index in [0.29, 0.717) is 63.3 Å². The van der Waals surface area contributed by atoms with Crippen LogP contribution in [0.2, 0.25) is 0 Å². The zero-order chi connectivity index (χ0) is 38.0. The van der Waals surface area contributed by atoms with Gasteiger partial charge in [0.05, 0.1) is 63.7 Å². The van der Waals surface area contributed by atoms with Gasteiger partial charge in [0.15, 0.2) is 17.0 Å². The molecular formula is C43H56O9S. The number of rotatable bonds is 16. The summed E-state index contributed by atoms with van der Waals surface area (Å²) in [6, 6.07) is 11.7. The number of benzene rings is 2. The van der Waals surface area contributed by atoms with Gasteiger partial charge in [0.1, 0.15) is 11.2 Å². The monoisotopic (exact) mass is 748 g/mol. The number of fused-ring (bicyclic) bond motifs is 4. The molecule has 4 saturated carbocycles. The predicted octanol–water partition coefficient (Wildman–Crippen LogP) is 6.80. The third-order valence-corrected chi connectivity index (χ3v) is 15.1. The molecule has 4 aliphatic carbocycles. The first-order valence-electron chi connectivity index (χ1n) is 19.2. The van der Waals surface area contributed by atoms with Gasteiger partial charge in [-0.3, -0.25) is 14.4 Å². The van der Waals surface area contributed by atoms with E-state index >= 15 is 9.59 Å². The number of hydrogen-bond acceptors (Lipinski definition) is 10. The summed E-state index contributed by atoms with van der Waals surface area (Å²) in [5.41, 5.74) is -3.09. The minimum Gasteiger partial charge on any atom is -0.382 e. The van der Waals surface area contributed by atoms with Crippen LogP contribution >= 0.6 is 11.3 Å². The van der Waals surface area contributed by atoms with Gasteiger partial charge < -0.3 is 28.4 Å². The molecule has 53 heavy (non-hydrogen) atoms. The zero-order valence-electron chi connectivity index (χ0n) is 32.7. The van der Waals surface area contributed by atoms with Crippen LogP contribution in [0.4, 0.5) is 0 Å². The molecular weight excluding hydrogens is 693 g/mol. The molecule has 1 aromatic heterocycles. The summed E-state index contributed by atoms with van der Waals surface area (Å²) in [5, 5.41) is 1.26. The average molecular weight is 749 g/mol. The molecule has 4 aliphatic rings. The van der Waals surface area contributed by atoms with Gasteiger partial charge in [-0.05, 0) is 91.5 Å². The van der Waals surface area contributed by atoms with E-state index in [1.807, 2.05) is 50.2 Å². The van der Waals surface area contributed by atoms with Crippen molar-refractivity contribution in [2.45, 2.75) is 89.3 Å². The molecule has 7 rings (SSSR count). The molecule has 2 aromatic carbocycles. The van der Waals surface area contributed by atoms with E-state index in [2.05, 4.69) is 27.7 Å². The van der Waals surface area contributed by atoms with Crippen molar-refractivity contribution in [3.63, 3.8) is 0 Å². The van der Waals surface area contributed by atoms with E-state index in [9.17, 15) is 4.79 Å². The highest BCUT2D eigenvalue weighted by molar-refractivity contribution is 7.24. The maximum absolute atomic E-state index is 15.6. The second kappa shape index (κ2) is 13.9. The Labute approximate surface area is 317 Å². The van der Waals surface area contributed by atoms with Crippen LogP contribution in [0.25, 0.3) is 20.2 Å². The van der Waals surface area contributed by atoms with Crippen molar-refractivity contribution in [1.29, 1.82) is 0 Å². The van der Waals surface area contributed by atoms with Gasteiger partial charge in [-0.25, -0.2) is 0 Å². The summed E-state index contributed by atoms with van der Waals surface area (Å²) in [6.45, 7) is 15.8. The van der Waals surface area contributed by atoms with Crippen molar-refractivity contribution >= 4 is 43.1 Å². The normalized spacial score (nSPS) is 32.5. The van der Waals surface area contributed by atoms with E-state index in [0.717, 1.165) is 33.4 Å². The molecule has 10 heteroatoms. The van der Waals surface area contributed by atoms with Gasteiger partial charge in [-0.2, -0.15) is 0 Å². The molecule has 0 bridgehead atoms. The van der Waals surface area contributed by atoms with E-state index < -0.39 is 32.9 Å². The minimum absolute atomic E-state index is 0.0255. The number of ether oxygens (including phenoxy) is 6. The summed E-state index contributed by atoms with van der Waals surface area (Å²) in [7, 11) is 3.27. The molecule has 9 nitrogen and oxygen atoms in total. The minimum atomic E-state index is -1.07. The summed E-state index contributed by atoms with van der Waals surface area (Å²) >= 11 is 1.57. The number of Topliss-reactive ketones (excluding diaryl/α,β-unsaturated/α-hetero) is 2. The molecule has 0 spiro atoms. The van der Waals surface area contributed by atoms with Crippen LogP contribution in [0.5, 0.6) is 0 Å². The molecule has 6 atom stereocenters. The van der Waals surface area contributed by atoms with Crippen LogP contribution in [-0.2, 0) is 48.8 Å². The van der Waals surface area contributed by atoms with Crippen LogP contribution in [-0.4, -0.2) is 89.8 Å². The summed E-state index contributed by atoms with van der Waals surface area (Å²) < 4.78 is 36.3. The molecule has 288 valence electrons. The molecule has 4 fully saturated rings. The highest BCUT2D eigenvalue weighted by atomic mass is 32.1. The first kappa shape index (κ1) is 38.7. The van der Waals surface area contributed by atoms with Crippen LogP contribution in [0.15, 0.2) is 41.2 Å². The topological polar surface area (TPSA) is 107 Å². The zero-order valence-corrected chi connectivity index (χ0v) is 33.5. The highest BCUT2D eigenvalue weighted by Gasteiger charge is 2.84. The Morgan fingerprint density at radius 1 is 0.623 bits per heavy atom. The fourth-order valence-electron chi connectivity index (χ4n) is 11.0. The van der Waals surface area contributed by atoms with Gasteiger partial charge in [-0.1, -0.05) is 45.9 Å². The highest BCUT2D eigenvalue weighted by Crippen LogP contribution is 2.80. The first-order chi connectivity index (χ1) is 25.2. The maximum Gasteiger partial charge on any atom is 0.195 e. The Hall–Kier alpha value is -2.57. The van der Waals surface area contributed by atoms with Gasteiger partial charge >= 0.3 is 0 Å². The lowest BCUT2D eigenvalue weighted by Crippen LogP contribution is -2.53. The average Bonchev–Trinajstić information content (AvgIpc) is 3.87. The summed E-state index contributed by atoms with van der Waals surface area (Å²) in [5.74, 6) is 0.177. The van der Waals surface area contributed by atoms with E-state index in [4.69, 9.17) is 28.4 Å². The third-order valence-electron chi connectivity index (χ3n) is 13.9. The Kier molecular flexibility index (Phi) is 10.1. The van der Waals surface area contributed by atoms with Crippen molar-refractivity contribution in [2.24, 2.45) is 22.7 Å². The van der Waals surface area contributed by atoms with Crippen LogP contribution in [0, 0.1) is 22.7 Å². The molecule has 0 N–H and O–H groups in total. The first-order valence-corrected chi connectivity index (χ1v) is 20.0. The number of ketones is 2. The number of carbonyl (C=O) groups excluding carboxylic acids is 2. The van der Waals surface area contributed by atoms with Crippen molar-refractivity contribution in [3.05, 3.63) is 57.7 Å². The Balaban J connectivity index is 1.39. The van der Waals surface area contributed by atoms with Gasteiger partial charge in [0.2, 0.25) is 0 Å². The van der Waals surface area contributed by atoms with Gasteiger partial charge in [0, 0.05) is 34.4 Å². The fraction of sp³-hybridized carbons (Fsp3) is 0.651. The number of hydrogen-bond donors (Lipinski definition) is 0. The molecule has 3 aromatic rings. The third kappa shape index (κ3) is 5.56. The van der Waals surface area contributed by atoms with E-state index in [1.54, 1.807) is 25.6 Å². The fourth-order valence-corrected chi connectivity index (χ4v) is 12.2. The SMILES string of the molecule is COCCOCCOC1(C)CCC2C(C)(C)C2(c2ccc3c(=O)c4ccccc4sc3c2C23C(=O)C(C)(OCCOCCOC)CCC2C3(C)C)C1=O. The van der Waals surface area contributed by atoms with Gasteiger partial charge in [0.25, 0.3) is 0 Å². The molecule has 0 amide bonds. The van der Waals surface area contributed by atoms with E-state index in [1.165, 1.54) is 0 Å². The van der Waals surface area contributed by atoms with Crippen molar-refractivity contribution in [2.75, 3.05) is 67.1 Å². The predicted molar refractivity (Wildman–Crippen MR) is 206 cm³/mol. The molecule has 0 saturated heterocycles. The van der Waals surface area contributed by atoms with Crippen LogP contribution < -0.4 is 5.43 Å². The van der Waals surface area contributed by atoms with Crippen LogP contribution in [0.3, 0.4) is 0 Å². The lowest BCUT2D eigenvalue weighted by Gasteiger charge is -2.41. The van der Waals surface area contributed by atoms with Gasteiger partial charge in [-0.15, -0.1) is 11.3 Å².